The first kappa shape index (κ1) is 8.27. The summed E-state index contributed by atoms with van der Waals surface area (Å²) >= 11 is 0. The Morgan fingerprint density at radius 1 is 1.73 bits per heavy atom. The van der Waals surface area contributed by atoms with Crippen LogP contribution >= 0.6 is 0 Å². The molecule has 0 spiro atoms. The van der Waals surface area contributed by atoms with Crippen LogP contribution in [0.25, 0.3) is 0 Å². The largest absolute Gasteiger partial charge is 0.371 e. The summed E-state index contributed by atoms with van der Waals surface area (Å²) < 4.78 is 7.36. The van der Waals surface area contributed by atoms with Gasteiger partial charge in [-0.3, -0.25) is 0 Å². The first-order chi connectivity index (χ1) is 5.25. The number of hydrogen-bond donors (Lipinski definition) is 0. The van der Waals surface area contributed by atoms with Crippen molar-refractivity contribution >= 4 is 0 Å². The van der Waals surface area contributed by atoms with Gasteiger partial charge in [-0.25, -0.2) is 4.98 Å². The molecule has 0 amide bonds. The van der Waals surface area contributed by atoms with Crippen molar-refractivity contribution < 1.29 is 4.74 Å². The zero-order valence-corrected chi connectivity index (χ0v) is 7.24. The normalized spacial score (nSPS) is 13.4. The summed E-state index contributed by atoms with van der Waals surface area (Å²) in [5.41, 5.74) is 0. The minimum Gasteiger partial charge on any atom is -0.371 e. The number of hydrogen-bond acceptors (Lipinski definition) is 2. The third kappa shape index (κ3) is 1.80. The van der Waals surface area contributed by atoms with Crippen LogP contribution in [0.3, 0.4) is 0 Å². The number of aromatic nitrogens is 2. The first-order valence-electron chi connectivity index (χ1n) is 3.84. The second-order valence-corrected chi connectivity index (χ2v) is 2.49. The van der Waals surface area contributed by atoms with E-state index in [1.807, 2.05) is 31.7 Å². The highest BCUT2D eigenvalue weighted by atomic mass is 16.5. The van der Waals surface area contributed by atoms with Crippen molar-refractivity contribution in [2.45, 2.75) is 20.0 Å². The zero-order valence-electron chi connectivity index (χ0n) is 7.24. The standard InChI is InChI=1S/C8H14N2O/c1-4-11-7(2)8-9-5-6-10(8)3/h5-7H,4H2,1-3H3. The molecule has 3 nitrogen and oxygen atoms in total. The lowest BCUT2D eigenvalue weighted by molar-refractivity contribution is 0.0682. The topological polar surface area (TPSA) is 27.1 Å². The van der Waals surface area contributed by atoms with Gasteiger partial charge < -0.3 is 9.30 Å². The quantitative estimate of drug-likeness (QED) is 0.660. The van der Waals surface area contributed by atoms with E-state index in [1.54, 1.807) is 6.20 Å². The van der Waals surface area contributed by atoms with E-state index in [0.717, 1.165) is 12.4 Å². The van der Waals surface area contributed by atoms with Crippen molar-refractivity contribution in [3.63, 3.8) is 0 Å². The van der Waals surface area contributed by atoms with Crippen LogP contribution in [-0.4, -0.2) is 16.2 Å². The van der Waals surface area contributed by atoms with Crippen LogP contribution < -0.4 is 0 Å². The predicted octanol–water partition coefficient (Wildman–Crippen LogP) is 1.52. The number of nitrogens with zero attached hydrogens (tertiary/aromatic N) is 2. The Bertz CT molecular complexity index is 220. The van der Waals surface area contributed by atoms with E-state index < -0.39 is 0 Å². The van der Waals surface area contributed by atoms with Crippen molar-refractivity contribution in [1.82, 2.24) is 9.55 Å². The van der Waals surface area contributed by atoms with Gasteiger partial charge in [0.25, 0.3) is 0 Å². The highest BCUT2D eigenvalue weighted by Gasteiger charge is 2.08. The summed E-state index contributed by atoms with van der Waals surface area (Å²) in [6.07, 6.45) is 3.80. The molecule has 3 heteroatoms. The van der Waals surface area contributed by atoms with E-state index in [1.165, 1.54) is 0 Å². The molecule has 1 heterocycles. The summed E-state index contributed by atoms with van der Waals surface area (Å²) in [4.78, 5) is 4.17. The average Bonchev–Trinajstić information content (AvgIpc) is 2.36. The fourth-order valence-electron chi connectivity index (χ4n) is 1.09. The van der Waals surface area contributed by atoms with Crippen LogP contribution in [0.5, 0.6) is 0 Å². The Labute approximate surface area is 67.0 Å². The molecule has 1 unspecified atom stereocenters. The number of rotatable bonds is 3. The maximum absolute atomic E-state index is 5.38. The minimum absolute atomic E-state index is 0.0972. The molecule has 0 saturated heterocycles. The van der Waals surface area contributed by atoms with Crippen LogP contribution in [0, 0.1) is 0 Å². The molecule has 0 aromatic carbocycles. The Morgan fingerprint density at radius 3 is 2.91 bits per heavy atom. The fourth-order valence-corrected chi connectivity index (χ4v) is 1.09. The van der Waals surface area contributed by atoms with Gasteiger partial charge in [-0.2, -0.15) is 0 Å². The number of ether oxygens (including phenoxy) is 1. The second-order valence-electron chi connectivity index (χ2n) is 2.49. The van der Waals surface area contributed by atoms with Crippen molar-refractivity contribution in [3.8, 4) is 0 Å². The van der Waals surface area contributed by atoms with Crippen LogP contribution in [0.2, 0.25) is 0 Å². The molecule has 1 aromatic rings. The molecule has 1 rings (SSSR count). The summed E-state index contributed by atoms with van der Waals surface area (Å²) in [7, 11) is 1.97. The maximum atomic E-state index is 5.38. The highest BCUT2D eigenvalue weighted by Crippen LogP contribution is 2.12. The predicted molar refractivity (Wildman–Crippen MR) is 43.2 cm³/mol. The molecule has 0 fully saturated rings. The molecule has 1 aromatic heterocycles. The lowest BCUT2D eigenvalue weighted by Crippen LogP contribution is -2.06. The van der Waals surface area contributed by atoms with Crippen LogP contribution in [0.15, 0.2) is 12.4 Å². The van der Waals surface area contributed by atoms with Gasteiger partial charge in [-0.1, -0.05) is 0 Å². The SMILES string of the molecule is CCOC(C)c1nccn1C. The molecular formula is C8H14N2O. The molecule has 0 aliphatic heterocycles. The molecule has 0 aliphatic rings. The van der Waals surface area contributed by atoms with Crippen molar-refractivity contribution in [1.29, 1.82) is 0 Å². The van der Waals surface area contributed by atoms with Gasteiger partial charge in [0.2, 0.25) is 0 Å². The van der Waals surface area contributed by atoms with E-state index >= 15 is 0 Å². The van der Waals surface area contributed by atoms with Gasteiger partial charge in [0.1, 0.15) is 11.9 Å². The van der Waals surface area contributed by atoms with Gasteiger partial charge in [0.15, 0.2) is 0 Å². The number of aryl methyl sites for hydroxylation is 1. The summed E-state index contributed by atoms with van der Waals surface area (Å²) in [6.45, 7) is 4.72. The van der Waals surface area contributed by atoms with Crippen molar-refractivity contribution in [2.75, 3.05) is 6.61 Å². The molecule has 0 aliphatic carbocycles. The van der Waals surface area contributed by atoms with Gasteiger partial charge in [0, 0.05) is 26.0 Å². The third-order valence-electron chi connectivity index (χ3n) is 1.64. The molecule has 0 bridgehead atoms. The van der Waals surface area contributed by atoms with Gasteiger partial charge in [-0.15, -0.1) is 0 Å². The average molecular weight is 154 g/mol. The maximum Gasteiger partial charge on any atom is 0.137 e. The Balaban J connectivity index is 2.67. The summed E-state index contributed by atoms with van der Waals surface area (Å²) in [5, 5.41) is 0. The zero-order chi connectivity index (χ0) is 8.27. The molecule has 1 atom stereocenters. The van der Waals surface area contributed by atoms with Crippen LogP contribution in [-0.2, 0) is 11.8 Å². The van der Waals surface area contributed by atoms with Gasteiger partial charge >= 0.3 is 0 Å². The van der Waals surface area contributed by atoms with Gasteiger partial charge in [0.05, 0.1) is 0 Å². The van der Waals surface area contributed by atoms with E-state index in [2.05, 4.69) is 4.98 Å². The van der Waals surface area contributed by atoms with E-state index in [4.69, 9.17) is 4.74 Å². The smallest absolute Gasteiger partial charge is 0.137 e. The molecule has 0 N–H and O–H groups in total. The fraction of sp³-hybridized carbons (Fsp3) is 0.625. The third-order valence-corrected chi connectivity index (χ3v) is 1.64. The molecule has 0 radical (unpaired) electrons. The Hall–Kier alpha value is -0.830. The number of imidazole rings is 1. The lowest BCUT2D eigenvalue weighted by atomic mass is 10.4. The Kier molecular flexibility index (Phi) is 2.65. The molecular weight excluding hydrogens is 140 g/mol. The summed E-state index contributed by atoms with van der Waals surface area (Å²) in [6, 6.07) is 0. The monoisotopic (exact) mass is 154 g/mol. The lowest BCUT2D eigenvalue weighted by Gasteiger charge is -2.10. The van der Waals surface area contributed by atoms with Crippen LogP contribution in [0.1, 0.15) is 25.8 Å². The molecule has 11 heavy (non-hydrogen) atoms. The van der Waals surface area contributed by atoms with E-state index in [0.29, 0.717) is 0 Å². The first-order valence-corrected chi connectivity index (χ1v) is 3.84. The van der Waals surface area contributed by atoms with Crippen molar-refractivity contribution in [2.24, 2.45) is 7.05 Å². The van der Waals surface area contributed by atoms with E-state index in [-0.39, 0.29) is 6.10 Å². The molecule has 62 valence electrons. The second kappa shape index (κ2) is 3.53. The van der Waals surface area contributed by atoms with E-state index in [9.17, 15) is 0 Å². The Morgan fingerprint density at radius 2 is 2.45 bits per heavy atom. The minimum atomic E-state index is 0.0972. The molecule has 0 saturated carbocycles. The van der Waals surface area contributed by atoms with Crippen LogP contribution in [0.4, 0.5) is 0 Å². The summed E-state index contributed by atoms with van der Waals surface area (Å²) in [5.74, 6) is 0.979. The highest BCUT2D eigenvalue weighted by molar-refractivity contribution is 4.94. The van der Waals surface area contributed by atoms with Crippen molar-refractivity contribution in [3.05, 3.63) is 18.2 Å². The van der Waals surface area contributed by atoms with Gasteiger partial charge in [-0.05, 0) is 13.8 Å².